The lowest BCUT2D eigenvalue weighted by Crippen LogP contribution is -2.30. The molecule has 4 heteroatoms. The third-order valence-electron chi connectivity index (χ3n) is 2.49. The zero-order valence-electron chi connectivity index (χ0n) is 8.16. The van der Waals surface area contributed by atoms with Crippen LogP contribution in [0.25, 0.3) is 0 Å². The second-order valence-electron chi connectivity index (χ2n) is 3.40. The number of nitrogens with zero attached hydrogens (tertiary/aromatic N) is 1. The third-order valence-corrected chi connectivity index (χ3v) is 2.49. The molecule has 1 atom stereocenters. The molecule has 76 valence electrons. The first-order valence-electron chi connectivity index (χ1n) is 4.80. The minimum absolute atomic E-state index is 0.0670. The smallest absolute Gasteiger partial charge is 0.230 e. The first-order valence-corrected chi connectivity index (χ1v) is 4.80. The van der Waals surface area contributed by atoms with Crippen LogP contribution in [-0.2, 0) is 4.79 Å². The van der Waals surface area contributed by atoms with E-state index in [1.807, 2.05) is 30.3 Å². The van der Waals surface area contributed by atoms with Crippen LogP contribution < -0.4 is 10.6 Å². The maximum atomic E-state index is 11.7. The summed E-state index contributed by atoms with van der Waals surface area (Å²) in [6.45, 7) is 0.675. The molecule has 15 heavy (non-hydrogen) atoms. The first kappa shape index (κ1) is 9.53. The summed E-state index contributed by atoms with van der Waals surface area (Å²) in [5, 5.41) is 14.1. The van der Waals surface area contributed by atoms with Gasteiger partial charge in [-0.25, -0.2) is 0 Å². The van der Waals surface area contributed by atoms with E-state index >= 15 is 0 Å². The minimum Gasteiger partial charge on any atom is -0.384 e. The fourth-order valence-corrected chi connectivity index (χ4v) is 1.77. The molecule has 1 aromatic rings. The van der Waals surface area contributed by atoms with Crippen molar-refractivity contribution in [2.75, 3.05) is 18.4 Å². The summed E-state index contributed by atoms with van der Waals surface area (Å²) in [4.78, 5) is 11.7. The Morgan fingerprint density at radius 3 is 3.20 bits per heavy atom. The number of hydrogen-bond acceptors (Lipinski definition) is 3. The minimum atomic E-state index is -0.172. The molecule has 1 heterocycles. The van der Waals surface area contributed by atoms with E-state index in [4.69, 9.17) is 5.26 Å². The van der Waals surface area contributed by atoms with Crippen LogP contribution in [0.4, 0.5) is 5.69 Å². The molecule has 0 bridgehead atoms. The normalized spacial score (nSPS) is 17.4. The molecule has 2 N–H and O–H groups in total. The second kappa shape index (κ2) is 4.01. The van der Waals surface area contributed by atoms with Gasteiger partial charge in [0.2, 0.25) is 5.91 Å². The van der Waals surface area contributed by atoms with Crippen molar-refractivity contribution in [2.45, 2.75) is 5.92 Å². The van der Waals surface area contributed by atoms with Gasteiger partial charge in [-0.2, -0.15) is 5.26 Å². The van der Waals surface area contributed by atoms with Gasteiger partial charge in [-0.1, -0.05) is 18.2 Å². The predicted octanol–water partition coefficient (Wildman–Crippen LogP) is 0.835. The fourth-order valence-electron chi connectivity index (χ4n) is 1.77. The van der Waals surface area contributed by atoms with Crippen molar-refractivity contribution in [1.29, 1.82) is 5.26 Å². The van der Waals surface area contributed by atoms with Gasteiger partial charge in [0.1, 0.15) is 6.54 Å². The molecular formula is C11H11N3O. The number of nitrogens with one attached hydrogen (secondary N) is 2. The van der Waals surface area contributed by atoms with Gasteiger partial charge in [-0.05, 0) is 11.6 Å². The number of rotatable bonds is 2. The molecule has 0 radical (unpaired) electrons. The maximum absolute atomic E-state index is 11.7. The van der Waals surface area contributed by atoms with Crippen molar-refractivity contribution < 1.29 is 4.79 Å². The highest BCUT2D eigenvalue weighted by Gasteiger charge is 2.27. The summed E-state index contributed by atoms with van der Waals surface area (Å²) in [6, 6.07) is 9.63. The largest absolute Gasteiger partial charge is 0.384 e. The highest BCUT2D eigenvalue weighted by atomic mass is 16.1. The maximum Gasteiger partial charge on any atom is 0.230 e. The zero-order valence-corrected chi connectivity index (χ0v) is 8.16. The molecule has 0 aromatic heterocycles. The van der Waals surface area contributed by atoms with Crippen LogP contribution in [0.2, 0.25) is 0 Å². The lowest BCUT2D eigenvalue weighted by atomic mass is 10.0. The molecule has 1 unspecified atom stereocenters. The van der Waals surface area contributed by atoms with Gasteiger partial charge in [-0.3, -0.25) is 4.79 Å². The number of carbonyl (C=O) groups excluding carboxylic acids is 1. The number of para-hydroxylation sites is 1. The fraction of sp³-hybridized carbons (Fsp3) is 0.273. The predicted molar refractivity (Wildman–Crippen MR) is 56.3 cm³/mol. The quantitative estimate of drug-likeness (QED) is 0.697. The Morgan fingerprint density at radius 1 is 1.60 bits per heavy atom. The lowest BCUT2D eigenvalue weighted by Gasteiger charge is -2.08. The highest BCUT2D eigenvalue weighted by molar-refractivity contribution is 5.88. The summed E-state index contributed by atoms with van der Waals surface area (Å²) in [5.74, 6) is -0.261. The number of anilines is 1. The van der Waals surface area contributed by atoms with Crippen LogP contribution >= 0.6 is 0 Å². The van der Waals surface area contributed by atoms with Crippen molar-refractivity contribution in [3.05, 3.63) is 29.8 Å². The average Bonchev–Trinajstić information content (AvgIpc) is 2.69. The van der Waals surface area contributed by atoms with E-state index in [2.05, 4.69) is 10.6 Å². The molecule has 1 aliphatic heterocycles. The van der Waals surface area contributed by atoms with E-state index < -0.39 is 0 Å². The molecule has 1 aromatic carbocycles. The Kier molecular flexibility index (Phi) is 2.55. The molecule has 0 saturated heterocycles. The molecular weight excluding hydrogens is 190 g/mol. The Hall–Kier alpha value is -2.02. The summed E-state index contributed by atoms with van der Waals surface area (Å²) in [7, 11) is 0. The van der Waals surface area contributed by atoms with Crippen molar-refractivity contribution in [1.82, 2.24) is 5.32 Å². The van der Waals surface area contributed by atoms with Crippen molar-refractivity contribution in [3.63, 3.8) is 0 Å². The van der Waals surface area contributed by atoms with E-state index in [1.54, 1.807) is 0 Å². The monoisotopic (exact) mass is 201 g/mol. The molecule has 2 rings (SSSR count). The van der Waals surface area contributed by atoms with E-state index in [9.17, 15) is 4.79 Å². The molecule has 4 nitrogen and oxygen atoms in total. The zero-order chi connectivity index (χ0) is 10.7. The number of nitriles is 1. The molecule has 1 amide bonds. The van der Waals surface area contributed by atoms with Crippen LogP contribution in [0.15, 0.2) is 24.3 Å². The second-order valence-corrected chi connectivity index (χ2v) is 3.40. The van der Waals surface area contributed by atoms with Crippen LogP contribution in [0.3, 0.4) is 0 Å². The van der Waals surface area contributed by atoms with Crippen molar-refractivity contribution in [2.24, 2.45) is 0 Å². The van der Waals surface area contributed by atoms with Crippen LogP contribution in [0.5, 0.6) is 0 Å². The van der Waals surface area contributed by atoms with Crippen LogP contribution in [0.1, 0.15) is 11.5 Å². The standard InChI is InChI=1S/C11H11N3O/c12-5-6-13-11(15)9-7-14-10-4-2-1-3-8(9)10/h1-4,9,14H,6-7H2,(H,13,15). The molecule has 0 saturated carbocycles. The van der Waals surface area contributed by atoms with Gasteiger partial charge in [-0.15, -0.1) is 0 Å². The summed E-state index contributed by atoms with van der Waals surface area (Å²) < 4.78 is 0. The molecule has 0 spiro atoms. The summed E-state index contributed by atoms with van der Waals surface area (Å²) in [5.41, 5.74) is 2.02. The Morgan fingerprint density at radius 2 is 2.40 bits per heavy atom. The Labute approximate surface area is 87.9 Å². The van der Waals surface area contributed by atoms with E-state index in [0.29, 0.717) is 6.54 Å². The van der Waals surface area contributed by atoms with Gasteiger partial charge in [0.05, 0.1) is 12.0 Å². The summed E-state index contributed by atoms with van der Waals surface area (Å²) >= 11 is 0. The highest BCUT2D eigenvalue weighted by Crippen LogP contribution is 2.30. The molecule has 0 aliphatic carbocycles. The SMILES string of the molecule is N#CCNC(=O)C1CNc2ccccc21. The third kappa shape index (κ3) is 1.77. The average molecular weight is 201 g/mol. The first-order chi connectivity index (χ1) is 7.33. The van der Waals surface area contributed by atoms with Gasteiger partial charge in [0.25, 0.3) is 0 Å². The Bertz CT molecular complexity index is 422. The van der Waals surface area contributed by atoms with E-state index in [0.717, 1.165) is 11.3 Å². The van der Waals surface area contributed by atoms with E-state index in [-0.39, 0.29) is 18.4 Å². The van der Waals surface area contributed by atoms with Crippen molar-refractivity contribution >= 4 is 11.6 Å². The van der Waals surface area contributed by atoms with Gasteiger partial charge in [0, 0.05) is 12.2 Å². The van der Waals surface area contributed by atoms with E-state index in [1.165, 1.54) is 0 Å². The summed E-state index contributed by atoms with van der Waals surface area (Å²) in [6.07, 6.45) is 0. The lowest BCUT2D eigenvalue weighted by molar-refractivity contribution is -0.121. The number of carbonyl (C=O) groups is 1. The molecule has 0 fully saturated rings. The van der Waals surface area contributed by atoms with Crippen LogP contribution in [0, 0.1) is 11.3 Å². The van der Waals surface area contributed by atoms with Gasteiger partial charge < -0.3 is 10.6 Å². The number of benzene rings is 1. The van der Waals surface area contributed by atoms with Gasteiger partial charge in [0.15, 0.2) is 0 Å². The topological polar surface area (TPSA) is 64.9 Å². The van der Waals surface area contributed by atoms with Gasteiger partial charge >= 0.3 is 0 Å². The number of hydrogen-bond donors (Lipinski definition) is 2. The van der Waals surface area contributed by atoms with Crippen LogP contribution in [-0.4, -0.2) is 19.0 Å². The number of fused-ring (bicyclic) bond motifs is 1. The molecule has 1 aliphatic rings. The van der Waals surface area contributed by atoms with Crippen molar-refractivity contribution in [3.8, 4) is 6.07 Å². The number of amides is 1. The Balaban J connectivity index is 2.14.